The largest absolute Gasteiger partial charge is 0.481 e. The number of aliphatic carboxylic acids is 3. The molecule has 0 amide bonds. The molecule has 2 aromatic carbocycles. The molecule has 1 aliphatic carbocycles. The van der Waals surface area contributed by atoms with Gasteiger partial charge in [-0.1, -0.05) is 85.2 Å². The van der Waals surface area contributed by atoms with Crippen molar-refractivity contribution in [1.29, 1.82) is 0 Å². The molecule has 7 atom stereocenters. The summed E-state index contributed by atoms with van der Waals surface area (Å²) in [4.78, 5) is 37.1. The highest BCUT2D eigenvalue weighted by molar-refractivity contribution is 6.58. The number of unbranched alkanes of at least 4 members (excludes halogenated alkanes) is 1. The van der Waals surface area contributed by atoms with E-state index in [4.69, 9.17) is 5.11 Å². The topological polar surface area (TPSA) is 151 Å². The zero-order chi connectivity index (χ0) is 41.1. The molecule has 5 rings (SSSR count). The third-order valence-electron chi connectivity index (χ3n) is 13.0. The van der Waals surface area contributed by atoms with E-state index in [0.717, 1.165) is 76.1 Å². The van der Waals surface area contributed by atoms with E-state index in [1.165, 1.54) is 16.7 Å². The van der Waals surface area contributed by atoms with E-state index in [2.05, 4.69) is 104 Å². The van der Waals surface area contributed by atoms with Crippen molar-refractivity contribution < 1.29 is 29.7 Å². The number of fused-ring (bicyclic) bond motifs is 1. The molecule has 0 aromatic heterocycles. The highest BCUT2D eigenvalue weighted by Gasteiger charge is 2.69. The molecule has 1 radical (unpaired) electrons. The lowest BCUT2D eigenvalue weighted by molar-refractivity contribution is -0.151. The SMILES string of the molecule is CNCCCC(C)(Cc1cccc(CN(C/C=C(\C)C2C(C)C3(C)[B]C23)Cc2cccc(CC(C)(C(=O)O)C3CCN3)c2)c1)C(=O)O.CNCCCCC(=O)O. The van der Waals surface area contributed by atoms with Crippen LogP contribution in [0, 0.1) is 22.7 Å². The summed E-state index contributed by atoms with van der Waals surface area (Å²) in [5.74, 6) is -0.193. The first-order chi connectivity index (χ1) is 26.6. The molecule has 0 bridgehead atoms. The summed E-state index contributed by atoms with van der Waals surface area (Å²) in [7, 11) is 6.27. The fourth-order valence-electron chi connectivity index (χ4n) is 8.89. The molecule has 3 fully saturated rings. The second kappa shape index (κ2) is 20.3. The number of hydrogen-bond acceptors (Lipinski definition) is 7. The van der Waals surface area contributed by atoms with Crippen molar-refractivity contribution >= 4 is 25.2 Å². The number of allylic oxidation sites excluding steroid dienone is 1. The fraction of sp³-hybridized carbons (Fsp3) is 0.622. The van der Waals surface area contributed by atoms with Crippen molar-refractivity contribution in [3.63, 3.8) is 0 Å². The van der Waals surface area contributed by atoms with Crippen LogP contribution in [0.1, 0.15) is 95.4 Å². The number of carboxylic acid groups (broad SMARTS) is 3. The molecule has 2 aromatic rings. The van der Waals surface area contributed by atoms with E-state index in [-0.39, 0.29) is 6.04 Å². The quantitative estimate of drug-likeness (QED) is 0.0411. The van der Waals surface area contributed by atoms with Crippen molar-refractivity contribution in [2.75, 3.05) is 40.3 Å². The maximum atomic E-state index is 12.4. The van der Waals surface area contributed by atoms with Crippen LogP contribution in [0.15, 0.2) is 60.2 Å². The molecule has 56 heavy (non-hydrogen) atoms. The Kier molecular flexibility index (Phi) is 16.4. The minimum atomic E-state index is -0.845. The van der Waals surface area contributed by atoms with Gasteiger partial charge in [0.15, 0.2) is 0 Å². The number of benzene rings is 2. The van der Waals surface area contributed by atoms with Crippen LogP contribution in [0.25, 0.3) is 0 Å². The number of nitrogens with one attached hydrogen (secondary N) is 3. The van der Waals surface area contributed by atoms with Crippen molar-refractivity contribution in [2.24, 2.45) is 22.7 Å². The third-order valence-corrected chi connectivity index (χ3v) is 13.0. The number of nitrogens with zero attached hydrogens (tertiary/aromatic N) is 1. The lowest BCUT2D eigenvalue weighted by Gasteiger charge is -2.43. The van der Waals surface area contributed by atoms with Crippen LogP contribution in [-0.2, 0) is 40.3 Å². The molecule has 0 spiro atoms. The van der Waals surface area contributed by atoms with E-state index in [1.54, 1.807) is 0 Å². The molecule has 10 nitrogen and oxygen atoms in total. The average Bonchev–Trinajstić information content (AvgIpc) is 3.72. The van der Waals surface area contributed by atoms with Crippen LogP contribution in [0.5, 0.6) is 0 Å². The van der Waals surface area contributed by atoms with Gasteiger partial charge in [-0.3, -0.25) is 19.3 Å². The zero-order valence-corrected chi connectivity index (χ0v) is 35.0. The van der Waals surface area contributed by atoms with Crippen molar-refractivity contribution in [3.05, 3.63) is 82.4 Å². The predicted molar refractivity (Wildman–Crippen MR) is 225 cm³/mol. The molecule has 7 unspecified atom stereocenters. The van der Waals surface area contributed by atoms with Gasteiger partial charge in [0.25, 0.3) is 0 Å². The van der Waals surface area contributed by atoms with E-state index >= 15 is 0 Å². The molecule has 6 N–H and O–H groups in total. The Bertz CT molecular complexity index is 1670. The minimum Gasteiger partial charge on any atom is -0.481 e. The average molecular weight is 772 g/mol. The van der Waals surface area contributed by atoms with Gasteiger partial charge in [-0.25, -0.2) is 0 Å². The van der Waals surface area contributed by atoms with Crippen LogP contribution in [-0.4, -0.2) is 91.7 Å². The molecular weight excluding hydrogens is 703 g/mol. The highest BCUT2D eigenvalue weighted by Crippen LogP contribution is 2.79. The normalized spacial score (nSPS) is 24.5. The van der Waals surface area contributed by atoms with Crippen LogP contribution in [0.4, 0.5) is 0 Å². The van der Waals surface area contributed by atoms with Gasteiger partial charge in [-0.05, 0) is 134 Å². The van der Waals surface area contributed by atoms with Gasteiger partial charge in [0.05, 0.1) is 10.8 Å². The standard InChI is InChI=1S/C39H55BN3O4.C6H13NO2/c1-26(33-27(2)39(5)34(33)40-39)15-19-43(24-30-12-7-10-28(20-30)22-37(3,35(44)45)16-9-17-41-6)25-31-13-8-11-29(21-31)23-38(4,36(46)47)32-14-18-42-32;1-7-5-3-2-4-6(8)9/h7-8,10-13,15,20-21,27,32-34,41-42H,9,14,16-19,22-25H2,1-6H3,(H,44,45)(H,46,47);7H,2-5H2,1H3,(H,8,9)/b26-15+;. The Morgan fingerprint density at radius 3 is 1.96 bits per heavy atom. The maximum absolute atomic E-state index is 12.4. The Morgan fingerprint density at radius 2 is 1.48 bits per heavy atom. The smallest absolute Gasteiger partial charge is 0.311 e. The number of carboxylic acids is 3. The van der Waals surface area contributed by atoms with Crippen molar-refractivity contribution in [2.45, 2.75) is 116 Å². The summed E-state index contributed by atoms with van der Waals surface area (Å²) >= 11 is 0. The van der Waals surface area contributed by atoms with Crippen LogP contribution in [0.3, 0.4) is 0 Å². The second-order valence-electron chi connectivity index (χ2n) is 17.5. The van der Waals surface area contributed by atoms with E-state index in [9.17, 15) is 24.6 Å². The molecule has 2 saturated heterocycles. The fourth-order valence-corrected chi connectivity index (χ4v) is 8.89. The number of carbonyl (C=O) groups is 3. The first kappa shape index (κ1) is 45.2. The van der Waals surface area contributed by atoms with Gasteiger partial charge in [0, 0.05) is 32.1 Å². The van der Waals surface area contributed by atoms with Gasteiger partial charge < -0.3 is 31.3 Å². The van der Waals surface area contributed by atoms with Gasteiger partial charge in [-0.15, -0.1) is 0 Å². The van der Waals surface area contributed by atoms with Gasteiger partial charge in [-0.2, -0.15) is 0 Å². The number of rotatable bonds is 23. The molecule has 2 aliphatic heterocycles. The zero-order valence-electron chi connectivity index (χ0n) is 35.0. The summed E-state index contributed by atoms with van der Waals surface area (Å²) < 4.78 is 0. The summed E-state index contributed by atoms with van der Waals surface area (Å²) in [5.41, 5.74) is 4.24. The predicted octanol–water partition coefficient (Wildman–Crippen LogP) is 6.67. The Balaban J connectivity index is 0.000000689. The summed E-state index contributed by atoms with van der Waals surface area (Å²) in [6.45, 7) is 15.6. The lowest BCUT2D eigenvalue weighted by Crippen LogP contribution is -2.57. The Morgan fingerprint density at radius 1 is 0.911 bits per heavy atom. The molecule has 11 heteroatoms. The number of hydrogen-bond donors (Lipinski definition) is 6. The maximum Gasteiger partial charge on any atom is 0.311 e. The van der Waals surface area contributed by atoms with E-state index in [0.29, 0.717) is 48.7 Å². The van der Waals surface area contributed by atoms with Crippen LogP contribution in [0.2, 0.25) is 11.1 Å². The highest BCUT2D eigenvalue weighted by atomic mass is 16.4. The van der Waals surface area contributed by atoms with Gasteiger partial charge in [0.1, 0.15) is 7.28 Å². The van der Waals surface area contributed by atoms with Gasteiger partial charge in [0.2, 0.25) is 0 Å². The minimum absolute atomic E-state index is 0.00805. The molecule has 2 heterocycles. The molecule has 307 valence electrons. The third kappa shape index (κ3) is 11.8. The first-order valence-corrected chi connectivity index (χ1v) is 20.7. The van der Waals surface area contributed by atoms with E-state index < -0.39 is 28.7 Å². The van der Waals surface area contributed by atoms with Crippen LogP contribution >= 0.6 is 0 Å². The Hall–Kier alpha value is -3.51. The lowest BCUT2D eigenvalue weighted by atomic mass is 9.63. The van der Waals surface area contributed by atoms with Crippen molar-refractivity contribution in [3.8, 4) is 0 Å². The summed E-state index contributed by atoms with van der Waals surface area (Å²) in [5, 5.41) is 38.3. The van der Waals surface area contributed by atoms with Crippen molar-refractivity contribution in [1.82, 2.24) is 20.9 Å². The second-order valence-corrected chi connectivity index (χ2v) is 17.5. The van der Waals surface area contributed by atoms with Gasteiger partial charge >= 0.3 is 17.9 Å². The summed E-state index contributed by atoms with van der Waals surface area (Å²) in [6, 6.07) is 16.9. The van der Waals surface area contributed by atoms with E-state index in [1.807, 2.05) is 27.9 Å². The summed E-state index contributed by atoms with van der Waals surface area (Å²) in [6.07, 6.45) is 7.73. The first-order valence-electron chi connectivity index (χ1n) is 20.7. The molecule has 3 aliphatic rings. The monoisotopic (exact) mass is 772 g/mol. The Labute approximate surface area is 336 Å². The molecular formula is C45H68BN4O6. The van der Waals surface area contributed by atoms with Crippen LogP contribution < -0.4 is 16.0 Å². The molecule has 1 saturated carbocycles.